The lowest BCUT2D eigenvalue weighted by molar-refractivity contribution is 0.111. The Balaban J connectivity index is 2.62. The van der Waals surface area contributed by atoms with Crippen molar-refractivity contribution >= 4 is 28.9 Å². The second-order valence-electron chi connectivity index (χ2n) is 3.34. The van der Waals surface area contributed by atoms with Gasteiger partial charge in [-0.25, -0.2) is 9.07 Å². The van der Waals surface area contributed by atoms with E-state index in [1.807, 2.05) is 22.6 Å². The van der Waals surface area contributed by atoms with Gasteiger partial charge in [-0.15, -0.1) is 0 Å². The summed E-state index contributed by atoms with van der Waals surface area (Å²) in [5.74, 6) is -0.301. The fraction of sp³-hybridized carbons (Fsp3) is 0.0909. The minimum atomic E-state index is -0.301. The van der Waals surface area contributed by atoms with Crippen molar-refractivity contribution in [1.29, 1.82) is 0 Å². The molecule has 3 nitrogen and oxygen atoms in total. The van der Waals surface area contributed by atoms with E-state index in [0.29, 0.717) is 15.0 Å². The lowest BCUT2D eigenvalue weighted by Crippen LogP contribution is -2.03. The first-order valence-corrected chi connectivity index (χ1v) is 5.67. The summed E-state index contributed by atoms with van der Waals surface area (Å²) < 4.78 is 15.2. The number of aromatic nitrogens is 2. The highest BCUT2D eigenvalue weighted by Gasteiger charge is 2.10. The van der Waals surface area contributed by atoms with Crippen molar-refractivity contribution in [2.45, 2.75) is 6.92 Å². The van der Waals surface area contributed by atoms with Crippen LogP contribution in [0.2, 0.25) is 0 Å². The fourth-order valence-electron chi connectivity index (χ4n) is 1.45. The fourth-order valence-corrected chi connectivity index (χ4v) is 2.16. The van der Waals surface area contributed by atoms with Gasteiger partial charge in [0.25, 0.3) is 0 Å². The highest BCUT2D eigenvalue weighted by Crippen LogP contribution is 2.19. The molecular weight excluding hydrogens is 322 g/mol. The van der Waals surface area contributed by atoms with Crippen LogP contribution < -0.4 is 0 Å². The molecule has 0 aliphatic rings. The van der Waals surface area contributed by atoms with Crippen LogP contribution in [0.15, 0.2) is 24.3 Å². The van der Waals surface area contributed by atoms with Gasteiger partial charge in [-0.3, -0.25) is 4.79 Å². The molecule has 82 valence electrons. The zero-order chi connectivity index (χ0) is 11.7. The highest BCUT2D eigenvalue weighted by atomic mass is 127. The molecule has 2 rings (SSSR count). The number of nitrogens with zero attached hydrogens (tertiary/aromatic N) is 2. The molecule has 0 bridgehead atoms. The average Bonchev–Trinajstić information content (AvgIpc) is 2.59. The monoisotopic (exact) mass is 330 g/mol. The summed E-state index contributed by atoms with van der Waals surface area (Å²) >= 11 is 2.02. The first kappa shape index (κ1) is 11.3. The molecular formula is C11H8FIN2O. The summed E-state index contributed by atoms with van der Waals surface area (Å²) in [4.78, 5) is 10.9. The van der Waals surface area contributed by atoms with Gasteiger partial charge in [-0.2, -0.15) is 5.10 Å². The van der Waals surface area contributed by atoms with E-state index in [2.05, 4.69) is 5.10 Å². The minimum absolute atomic E-state index is 0.301. The van der Waals surface area contributed by atoms with Crippen LogP contribution in [-0.4, -0.2) is 16.1 Å². The molecule has 0 saturated carbocycles. The standard InChI is InChI=1S/C11H8FIN2O/c1-7-4-9(6-16)15(14-7)11-3-2-8(12)5-10(11)13/h2-6H,1H3. The van der Waals surface area contributed by atoms with E-state index in [0.717, 1.165) is 12.0 Å². The van der Waals surface area contributed by atoms with Gasteiger partial charge in [0, 0.05) is 3.57 Å². The average molecular weight is 330 g/mol. The molecule has 0 N–H and O–H groups in total. The first-order valence-electron chi connectivity index (χ1n) is 4.59. The molecule has 16 heavy (non-hydrogen) atoms. The smallest absolute Gasteiger partial charge is 0.168 e. The van der Waals surface area contributed by atoms with Gasteiger partial charge in [0.1, 0.15) is 11.5 Å². The van der Waals surface area contributed by atoms with Crippen molar-refractivity contribution in [2.75, 3.05) is 0 Å². The molecule has 1 aromatic carbocycles. The van der Waals surface area contributed by atoms with E-state index in [4.69, 9.17) is 0 Å². The number of hydrogen-bond donors (Lipinski definition) is 0. The SMILES string of the molecule is Cc1cc(C=O)n(-c2ccc(F)cc2I)n1. The Kier molecular flexibility index (Phi) is 3.04. The lowest BCUT2D eigenvalue weighted by atomic mass is 10.3. The molecule has 0 aliphatic carbocycles. The summed E-state index contributed by atoms with van der Waals surface area (Å²) in [7, 11) is 0. The minimum Gasteiger partial charge on any atom is -0.296 e. The number of halogens is 2. The Labute approximate surface area is 105 Å². The predicted octanol–water partition coefficient (Wildman–Crippen LogP) is 2.74. The maximum Gasteiger partial charge on any atom is 0.168 e. The number of aryl methyl sites for hydroxylation is 1. The second-order valence-corrected chi connectivity index (χ2v) is 4.50. The van der Waals surface area contributed by atoms with Crippen molar-refractivity contribution in [3.8, 4) is 5.69 Å². The van der Waals surface area contributed by atoms with Crippen molar-refractivity contribution in [3.63, 3.8) is 0 Å². The highest BCUT2D eigenvalue weighted by molar-refractivity contribution is 14.1. The van der Waals surface area contributed by atoms with Gasteiger partial charge in [0.05, 0.1) is 11.4 Å². The summed E-state index contributed by atoms with van der Waals surface area (Å²) in [6.45, 7) is 1.81. The van der Waals surface area contributed by atoms with Gasteiger partial charge in [-0.1, -0.05) is 0 Å². The van der Waals surface area contributed by atoms with E-state index in [-0.39, 0.29) is 5.82 Å². The van der Waals surface area contributed by atoms with Crippen LogP contribution in [0.3, 0.4) is 0 Å². The van der Waals surface area contributed by atoms with Crippen molar-refractivity contribution in [2.24, 2.45) is 0 Å². The Morgan fingerprint density at radius 2 is 2.19 bits per heavy atom. The van der Waals surface area contributed by atoms with Crippen LogP contribution in [0.5, 0.6) is 0 Å². The summed E-state index contributed by atoms with van der Waals surface area (Å²) in [5.41, 5.74) is 1.92. The Morgan fingerprint density at radius 1 is 1.44 bits per heavy atom. The molecule has 0 fully saturated rings. The summed E-state index contributed by atoms with van der Waals surface area (Å²) in [5, 5.41) is 4.20. The van der Waals surface area contributed by atoms with Gasteiger partial charge in [0.15, 0.2) is 6.29 Å². The normalized spacial score (nSPS) is 10.4. The van der Waals surface area contributed by atoms with Gasteiger partial charge in [0.2, 0.25) is 0 Å². The molecule has 1 aromatic heterocycles. The van der Waals surface area contributed by atoms with Crippen molar-refractivity contribution in [3.05, 3.63) is 45.0 Å². The van der Waals surface area contributed by atoms with Crippen molar-refractivity contribution in [1.82, 2.24) is 9.78 Å². The quantitative estimate of drug-likeness (QED) is 0.627. The topological polar surface area (TPSA) is 34.9 Å². The first-order chi connectivity index (χ1) is 7.61. The molecule has 0 aliphatic heterocycles. The van der Waals surface area contributed by atoms with E-state index in [9.17, 15) is 9.18 Å². The summed E-state index contributed by atoms with van der Waals surface area (Å²) in [6, 6.07) is 6.05. The number of aldehydes is 1. The second kappa shape index (κ2) is 4.32. The van der Waals surface area contributed by atoms with Crippen LogP contribution >= 0.6 is 22.6 Å². The predicted molar refractivity (Wildman–Crippen MR) is 66.4 cm³/mol. The van der Waals surface area contributed by atoms with E-state index >= 15 is 0 Å². The molecule has 0 atom stereocenters. The van der Waals surface area contributed by atoms with Gasteiger partial charge < -0.3 is 0 Å². The Hall–Kier alpha value is -1.24. The van der Waals surface area contributed by atoms with E-state index in [1.165, 1.54) is 16.8 Å². The number of benzene rings is 1. The molecule has 0 unspecified atom stereocenters. The van der Waals surface area contributed by atoms with E-state index in [1.54, 1.807) is 19.1 Å². The maximum atomic E-state index is 12.9. The zero-order valence-electron chi connectivity index (χ0n) is 8.45. The zero-order valence-corrected chi connectivity index (χ0v) is 10.6. The molecule has 1 heterocycles. The number of rotatable bonds is 2. The third kappa shape index (κ3) is 1.99. The third-order valence-electron chi connectivity index (χ3n) is 2.12. The Bertz CT molecular complexity index is 551. The van der Waals surface area contributed by atoms with E-state index < -0.39 is 0 Å². The molecule has 2 aromatic rings. The molecule has 0 radical (unpaired) electrons. The van der Waals surface area contributed by atoms with Crippen LogP contribution in [0.25, 0.3) is 5.69 Å². The number of carbonyl (C=O) groups is 1. The lowest BCUT2D eigenvalue weighted by Gasteiger charge is -2.06. The number of carbonyl (C=O) groups excluding carboxylic acids is 1. The molecule has 5 heteroatoms. The van der Waals surface area contributed by atoms with Crippen molar-refractivity contribution < 1.29 is 9.18 Å². The largest absolute Gasteiger partial charge is 0.296 e. The van der Waals surface area contributed by atoms with Crippen LogP contribution in [-0.2, 0) is 0 Å². The van der Waals surface area contributed by atoms with Gasteiger partial charge in [-0.05, 0) is 53.8 Å². The third-order valence-corrected chi connectivity index (χ3v) is 2.98. The van der Waals surface area contributed by atoms with Crippen LogP contribution in [0.1, 0.15) is 16.2 Å². The molecule has 0 saturated heterocycles. The Morgan fingerprint density at radius 3 is 2.81 bits per heavy atom. The van der Waals surface area contributed by atoms with Crippen LogP contribution in [0, 0.1) is 16.3 Å². The van der Waals surface area contributed by atoms with Gasteiger partial charge >= 0.3 is 0 Å². The maximum absolute atomic E-state index is 12.9. The number of hydrogen-bond acceptors (Lipinski definition) is 2. The summed E-state index contributed by atoms with van der Waals surface area (Å²) in [6.07, 6.45) is 0.736. The molecule has 0 spiro atoms. The molecule has 0 amide bonds. The van der Waals surface area contributed by atoms with Crippen LogP contribution in [0.4, 0.5) is 4.39 Å².